The average Bonchev–Trinajstić information content (AvgIpc) is 2.28. The van der Waals surface area contributed by atoms with E-state index in [-0.39, 0.29) is 6.03 Å². The van der Waals surface area contributed by atoms with Crippen molar-refractivity contribution in [2.24, 2.45) is 0 Å². The number of urea groups is 1. The van der Waals surface area contributed by atoms with Crippen molar-refractivity contribution < 1.29 is 4.79 Å². The van der Waals surface area contributed by atoms with Gasteiger partial charge in [-0.15, -0.1) is 0 Å². The fourth-order valence-electron chi connectivity index (χ4n) is 1.69. The zero-order chi connectivity index (χ0) is 13.0. The Morgan fingerprint density at radius 3 is 2.06 bits per heavy atom. The quantitative estimate of drug-likeness (QED) is 0.788. The number of benzene rings is 1. The largest absolute Gasteiger partial charge is 0.331 e. The molecule has 1 aromatic rings. The molecule has 3 heteroatoms. The molecule has 0 fully saturated rings. The van der Waals surface area contributed by atoms with Crippen LogP contribution in [-0.2, 0) is 6.54 Å². The first-order chi connectivity index (χ1) is 7.91. The molecule has 94 valence electrons. The lowest BCUT2D eigenvalue weighted by molar-refractivity contribution is 0.180. The average molecular weight is 234 g/mol. The summed E-state index contributed by atoms with van der Waals surface area (Å²) in [5.41, 5.74) is 2.49. The third kappa shape index (κ3) is 3.77. The molecule has 0 aromatic heterocycles. The molecule has 1 rings (SSSR count). The predicted molar refractivity (Wildman–Crippen MR) is 71.1 cm³/mol. The van der Waals surface area contributed by atoms with Gasteiger partial charge in [0, 0.05) is 27.7 Å². The van der Waals surface area contributed by atoms with Crippen LogP contribution in [0.25, 0.3) is 0 Å². The van der Waals surface area contributed by atoms with Gasteiger partial charge in [-0.3, -0.25) is 0 Å². The second-order valence-corrected chi connectivity index (χ2v) is 4.93. The minimum atomic E-state index is 0.0259. The van der Waals surface area contributed by atoms with Crippen molar-refractivity contribution in [1.29, 1.82) is 0 Å². The molecule has 17 heavy (non-hydrogen) atoms. The first-order valence-corrected chi connectivity index (χ1v) is 5.93. The van der Waals surface area contributed by atoms with Crippen LogP contribution in [-0.4, -0.2) is 37.0 Å². The zero-order valence-corrected chi connectivity index (χ0v) is 11.4. The molecule has 0 aliphatic heterocycles. The summed E-state index contributed by atoms with van der Waals surface area (Å²) < 4.78 is 0. The maximum absolute atomic E-state index is 11.7. The molecule has 0 heterocycles. The summed E-state index contributed by atoms with van der Waals surface area (Å²) in [6, 6.07) is 8.48. The summed E-state index contributed by atoms with van der Waals surface area (Å²) in [4.78, 5) is 15.0. The highest BCUT2D eigenvalue weighted by Crippen LogP contribution is 2.15. The SMILES string of the molecule is CC(C)c1ccc(CN(C)C(=O)N(C)C)cc1. The van der Waals surface area contributed by atoms with E-state index in [1.165, 1.54) is 5.56 Å². The van der Waals surface area contributed by atoms with Gasteiger partial charge in [0.2, 0.25) is 0 Å². The van der Waals surface area contributed by atoms with Crippen molar-refractivity contribution in [3.05, 3.63) is 35.4 Å². The molecular formula is C14H22N2O. The summed E-state index contributed by atoms with van der Waals surface area (Å²) in [6.07, 6.45) is 0. The molecule has 0 saturated carbocycles. The van der Waals surface area contributed by atoms with Crippen LogP contribution >= 0.6 is 0 Å². The fraction of sp³-hybridized carbons (Fsp3) is 0.500. The van der Waals surface area contributed by atoms with Crippen LogP contribution in [0, 0.1) is 0 Å². The topological polar surface area (TPSA) is 23.6 Å². The molecule has 0 spiro atoms. The second kappa shape index (κ2) is 5.71. The number of carbonyl (C=O) groups is 1. The number of nitrogens with zero attached hydrogens (tertiary/aromatic N) is 2. The van der Waals surface area contributed by atoms with Gasteiger partial charge in [-0.2, -0.15) is 0 Å². The Morgan fingerprint density at radius 1 is 1.12 bits per heavy atom. The summed E-state index contributed by atoms with van der Waals surface area (Å²) in [5, 5.41) is 0. The molecule has 0 bridgehead atoms. The fourth-order valence-corrected chi connectivity index (χ4v) is 1.69. The molecule has 0 saturated heterocycles. The Kier molecular flexibility index (Phi) is 4.55. The number of carbonyl (C=O) groups excluding carboxylic acids is 1. The second-order valence-electron chi connectivity index (χ2n) is 4.93. The van der Waals surface area contributed by atoms with E-state index in [0.29, 0.717) is 12.5 Å². The highest BCUT2D eigenvalue weighted by atomic mass is 16.2. The van der Waals surface area contributed by atoms with E-state index in [0.717, 1.165) is 5.56 Å². The lowest BCUT2D eigenvalue weighted by Crippen LogP contribution is -2.35. The van der Waals surface area contributed by atoms with Gasteiger partial charge in [0.1, 0.15) is 0 Å². The Balaban J connectivity index is 2.66. The molecule has 2 amide bonds. The molecule has 0 aliphatic rings. The van der Waals surface area contributed by atoms with Crippen LogP contribution < -0.4 is 0 Å². The van der Waals surface area contributed by atoms with Crippen molar-refractivity contribution in [2.45, 2.75) is 26.3 Å². The van der Waals surface area contributed by atoms with E-state index in [1.54, 1.807) is 23.9 Å². The lowest BCUT2D eigenvalue weighted by atomic mass is 10.0. The van der Waals surface area contributed by atoms with Gasteiger partial charge in [0.15, 0.2) is 0 Å². The monoisotopic (exact) mass is 234 g/mol. The van der Waals surface area contributed by atoms with E-state index >= 15 is 0 Å². The third-order valence-corrected chi connectivity index (χ3v) is 2.78. The van der Waals surface area contributed by atoms with Crippen molar-refractivity contribution in [2.75, 3.05) is 21.1 Å². The van der Waals surface area contributed by atoms with Crippen LogP contribution in [0.1, 0.15) is 30.9 Å². The Hall–Kier alpha value is -1.51. The molecule has 0 radical (unpaired) electrons. The number of rotatable bonds is 3. The molecule has 1 aromatic carbocycles. The lowest BCUT2D eigenvalue weighted by Gasteiger charge is -2.22. The zero-order valence-electron chi connectivity index (χ0n) is 11.4. The van der Waals surface area contributed by atoms with Crippen LogP contribution in [0.5, 0.6) is 0 Å². The standard InChI is InChI=1S/C14H22N2O/c1-11(2)13-8-6-12(7-9-13)10-16(5)14(17)15(3)4/h6-9,11H,10H2,1-5H3. The van der Waals surface area contributed by atoms with Gasteiger partial charge in [-0.1, -0.05) is 38.1 Å². The Bertz CT molecular complexity index is 368. The number of hydrogen-bond donors (Lipinski definition) is 0. The molecular weight excluding hydrogens is 212 g/mol. The third-order valence-electron chi connectivity index (χ3n) is 2.78. The van der Waals surface area contributed by atoms with Crippen LogP contribution in [0.4, 0.5) is 4.79 Å². The summed E-state index contributed by atoms with van der Waals surface area (Å²) >= 11 is 0. The van der Waals surface area contributed by atoms with E-state index in [1.807, 2.05) is 7.05 Å². The predicted octanol–water partition coefficient (Wildman–Crippen LogP) is 2.92. The minimum Gasteiger partial charge on any atom is -0.331 e. The maximum atomic E-state index is 11.7. The van der Waals surface area contributed by atoms with Gasteiger partial charge >= 0.3 is 6.03 Å². The molecule has 0 unspecified atom stereocenters. The van der Waals surface area contributed by atoms with Crippen LogP contribution in [0.3, 0.4) is 0 Å². The van der Waals surface area contributed by atoms with Crippen LogP contribution in [0.15, 0.2) is 24.3 Å². The molecule has 0 N–H and O–H groups in total. The smallest absolute Gasteiger partial charge is 0.319 e. The van der Waals surface area contributed by atoms with E-state index in [9.17, 15) is 4.79 Å². The first-order valence-electron chi connectivity index (χ1n) is 5.93. The molecule has 3 nitrogen and oxygen atoms in total. The van der Waals surface area contributed by atoms with Crippen molar-refractivity contribution in [3.8, 4) is 0 Å². The highest BCUT2D eigenvalue weighted by Gasteiger charge is 2.10. The van der Waals surface area contributed by atoms with Gasteiger partial charge in [-0.25, -0.2) is 4.79 Å². The number of amides is 2. The van der Waals surface area contributed by atoms with Gasteiger partial charge in [0.05, 0.1) is 0 Å². The minimum absolute atomic E-state index is 0.0259. The van der Waals surface area contributed by atoms with Gasteiger partial charge in [0.25, 0.3) is 0 Å². The normalized spacial score (nSPS) is 10.5. The van der Waals surface area contributed by atoms with E-state index in [4.69, 9.17) is 0 Å². The Morgan fingerprint density at radius 2 is 1.65 bits per heavy atom. The molecule has 0 atom stereocenters. The summed E-state index contributed by atoms with van der Waals surface area (Å²) in [6.45, 7) is 5.00. The van der Waals surface area contributed by atoms with Gasteiger partial charge < -0.3 is 9.80 Å². The van der Waals surface area contributed by atoms with Crippen LogP contribution in [0.2, 0.25) is 0 Å². The van der Waals surface area contributed by atoms with Gasteiger partial charge in [-0.05, 0) is 17.0 Å². The number of hydrogen-bond acceptors (Lipinski definition) is 1. The van der Waals surface area contributed by atoms with Crippen molar-refractivity contribution in [1.82, 2.24) is 9.80 Å². The van der Waals surface area contributed by atoms with E-state index in [2.05, 4.69) is 38.1 Å². The van der Waals surface area contributed by atoms with E-state index < -0.39 is 0 Å². The van der Waals surface area contributed by atoms with Crippen molar-refractivity contribution >= 4 is 6.03 Å². The first kappa shape index (κ1) is 13.6. The summed E-state index contributed by atoms with van der Waals surface area (Å²) in [7, 11) is 5.35. The maximum Gasteiger partial charge on any atom is 0.319 e. The Labute approximate surface area is 104 Å². The van der Waals surface area contributed by atoms with Crippen molar-refractivity contribution in [3.63, 3.8) is 0 Å². The molecule has 0 aliphatic carbocycles. The highest BCUT2D eigenvalue weighted by molar-refractivity contribution is 5.73. The summed E-state index contributed by atoms with van der Waals surface area (Å²) in [5.74, 6) is 0.546.